The summed E-state index contributed by atoms with van der Waals surface area (Å²) in [5.74, 6) is 5.37. The van der Waals surface area contributed by atoms with Gasteiger partial charge in [0.2, 0.25) is 0 Å². The van der Waals surface area contributed by atoms with Crippen LogP contribution in [-0.4, -0.2) is 12.1 Å². The molecule has 4 rings (SSSR count). The van der Waals surface area contributed by atoms with Gasteiger partial charge in [-0.25, -0.2) is 0 Å². The molecule has 4 aliphatic carbocycles. The third-order valence-electron chi connectivity index (χ3n) is 7.42. The molecule has 0 N–H and O–H groups in total. The highest BCUT2D eigenvalue weighted by Crippen LogP contribution is 2.58. The lowest BCUT2D eigenvalue weighted by atomic mass is 9.53. The summed E-state index contributed by atoms with van der Waals surface area (Å²) in [5, 5.41) is 0. The minimum Gasteiger partial charge on any atom is -0.462 e. The van der Waals surface area contributed by atoms with Crippen LogP contribution in [0, 0.1) is 35.5 Å². The van der Waals surface area contributed by atoms with Crippen LogP contribution in [0.25, 0.3) is 0 Å². The lowest BCUT2D eigenvalue weighted by Gasteiger charge is -2.52. The largest absolute Gasteiger partial charge is 0.462 e. The van der Waals surface area contributed by atoms with E-state index in [9.17, 15) is 4.79 Å². The molecule has 2 heteroatoms. The maximum atomic E-state index is 11.4. The van der Waals surface area contributed by atoms with Crippen LogP contribution in [0.5, 0.6) is 0 Å². The third-order valence-corrected chi connectivity index (χ3v) is 7.42. The van der Waals surface area contributed by atoms with Crippen LogP contribution in [-0.2, 0) is 9.53 Å². The highest BCUT2D eigenvalue weighted by molar-refractivity contribution is 5.66. The molecule has 0 aromatic heterocycles. The van der Waals surface area contributed by atoms with E-state index in [1.807, 2.05) is 0 Å². The molecule has 4 saturated carbocycles. The molecule has 118 valence electrons. The summed E-state index contributed by atoms with van der Waals surface area (Å²) < 4.78 is 5.73. The first-order valence-electron chi connectivity index (χ1n) is 9.41. The number of ether oxygens (including phenoxy) is 1. The van der Waals surface area contributed by atoms with E-state index >= 15 is 0 Å². The molecule has 0 amide bonds. The number of rotatable bonds is 1. The first kappa shape index (κ1) is 14.1. The molecule has 0 aliphatic heterocycles. The Balaban J connectivity index is 1.54. The number of hydrogen-bond acceptors (Lipinski definition) is 2. The smallest absolute Gasteiger partial charge is 0.302 e. The van der Waals surface area contributed by atoms with Crippen LogP contribution in [0.15, 0.2) is 0 Å². The standard InChI is InChI=1S/C19H30O2/c1-12(20)21-18-11-8-14-7-9-16-15-5-3-2-4-13(15)6-10-17(16)19(14)18/h13-19H,2-11H2,1H3. The Morgan fingerprint density at radius 2 is 1.48 bits per heavy atom. The van der Waals surface area contributed by atoms with Gasteiger partial charge in [0.1, 0.15) is 6.10 Å². The average Bonchev–Trinajstić information content (AvgIpc) is 2.89. The summed E-state index contributed by atoms with van der Waals surface area (Å²) in [6, 6.07) is 0. The zero-order valence-electron chi connectivity index (χ0n) is 13.4. The van der Waals surface area contributed by atoms with Crippen molar-refractivity contribution in [3.05, 3.63) is 0 Å². The number of esters is 1. The van der Waals surface area contributed by atoms with Gasteiger partial charge in [-0.15, -0.1) is 0 Å². The molecule has 0 saturated heterocycles. The third kappa shape index (κ3) is 2.43. The monoisotopic (exact) mass is 290 g/mol. The summed E-state index contributed by atoms with van der Waals surface area (Å²) in [7, 11) is 0. The van der Waals surface area contributed by atoms with Gasteiger partial charge in [-0.1, -0.05) is 19.3 Å². The van der Waals surface area contributed by atoms with Crippen LogP contribution in [0.4, 0.5) is 0 Å². The Morgan fingerprint density at radius 1 is 0.762 bits per heavy atom. The molecule has 0 radical (unpaired) electrons. The highest BCUT2D eigenvalue weighted by Gasteiger charge is 2.52. The van der Waals surface area contributed by atoms with Crippen molar-refractivity contribution in [2.45, 2.75) is 77.2 Å². The van der Waals surface area contributed by atoms with E-state index in [1.165, 1.54) is 57.8 Å². The first-order chi connectivity index (χ1) is 10.2. The topological polar surface area (TPSA) is 26.3 Å². The second-order valence-corrected chi connectivity index (χ2v) is 8.25. The van der Waals surface area contributed by atoms with E-state index < -0.39 is 0 Å². The second kappa shape index (κ2) is 5.59. The van der Waals surface area contributed by atoms with Gasteiger partial charge < -0.3 is 4.74 Å². The molecule has 4 aliphatic rings. The van der Waals surface area contributed by atoms with Crippen LogP contribution in [0.2, 0.25) is 0 Å². The molecule has 0 heterocycles. The number of fused-ring (bicyclic) bond motifs is 5. The van der Waals surface area contributed by atoms with Gasteiger partial charge in [0.05, 0.1) is 0 Å². The summed E-state index contributed by atoms with van der Waals surface area (Å²) in [6.07, 6.45) is 14.4. The van der Waals surface area contributed by atoms with Gasteiger partial charge in [-0.05, 0) is 74.5 Å². The van der Waals surface area contributed by atoms with Crippen LogP contribution in [0.1, 0.15) is 71.1 Å². The van der Waals surface area contributed by atoms with Crippen molar-refractivity contribution in [1.29, 1.82) is 0 Å². The Labute approximate surface area is 129 Å². The maximum Gasteiger partial charge on any atom is 0.302 e. The van der Waals surface area contributed by atoms with E-state index in [2.05, 4.69) is 0 Å². The molecule has 4 fully saturated rings. The minimum absolute atomic E-state index is 0.0610. The lowest BCUT2D eigenvalue weighted by molar-refractivity contribution is -0.152. The predicted molar refractivity (Wildman–Crippen MR) is 82.7 cm³/mol. The average molecular weight is 290 g/mol. The zero-order chi connectivity index (χ0) is 14.4. The van der Waals surface area contributed by atoms with E-state index in [4.69, 9.17) is 4.74 Å². The SMILES string of the molecule is CC(=O)OC1CCC2CCC3C4CCCCC4CCC3C21. The van der Waals surface area contributed by atoms with Gasteiger partial charge in [0, 0.05) is 12.8 Å². The second-order valence-electron chi connectivity index (χ2n) is 8.25. The van der Waals surface area contributed by atoms with E-state index in [1.54, 1.807) is 6.92 Å². The van der Waals surface area contributed by atoms with Crippen molar-refractivity contribution >= 4 is 5.97 Å². The molecule has 0 aromatic rings. The fraction of sp³-hybridized carbons (Fsp3) is 0.947. The van der Waals surface area contributed by atoms with E-state index in [-0.39, 0.29) is 12.1 Å². The van der Waals surface area contributed by atoms with Crippen LogP contribution in [0.3, 0.4) is 0 Å². The number of carbonyl (C=O) groups is 1. The molecule has 0 bridgehead atoms. The molecule has 0 spiro atoms. The molecule has 21 heavy (non-hydrogen) atoms. The van der Waals surface area contributed by atoms with E-state index in [0.29, 0.717) is 5.92 Å². The minimum atomic E-state index is -0.0610. The quantitative estimate of drug-likeness (QED) is 0.661. The summed E-state index contributed by atoms with van der Waals surface area (Å²) in [6.45, 7) is 1.59. The normalized spacial score (nSPS) is 48.9. The van der Waals surface area contributed by atoms with Crippen molar-refractivity contribution in [1.82, 2.24) is 0 Å². The molecule has 7 unspecified atom stereocenters. The van der Waals surface area contributed by atoms with Crippen molar-refractivity contribution in [2.24, 2.45) is 35.5 Å². The molecular formula is C19H30O2. The fourth-order valence-electron chi connectivity index (χ4n) is 6.79. The van der Waals surface area contributed by atoms with Crippen molar-refractivity contribution in [3.8, 4) is 0 Å². The van der Waals surface area contributed by atoms with Gasteiger partial charge in [0.25, 0.3) is 0 Å². The zero-order valence-corrected chi connectivity index (χ0v) is 13.4. The van der Waals surface area contributed by atoms with Gasteiger partial charge in [-0.2, -0.15) is 0 Å². The fourth-order valence-corrected chi connectivity index (χ4v) is 6.79. The van der Waals surface area contributed by atoms with Crippen LogP contribution < -0.4 is 0 Å². The van der Waals surface area contributed by atoms with Crippen molar-refractivity contribution in [3.63, 3.8) is 0 Å². The molecule has 0 aromatic carbocycles. The highest BCUT2D eigenvalue weighted by atomic mass is 16.5. The Morgan fingerprint density at radius 3 is 2.33 bits per heavy atom. The van der Waals surface area contributed by atoms with Gasteiger partial charge in [0.15, 0.2) is 0 Å². The van der Waals surface area contributed by atoms with Crippen LogP contribution >= 0.6 is 0 Å². The molecule has 2 nitrogen and oxygen atoms in total. The summed E-state index contributed by atoms with van der Waals surface area (Å²) in [4.78, 5) is 11.4. The Hall–Kier alpha value is -0.530. The summed E-state index contributed by atoms with van der Waals surface area (Å²) >= 11 is 0. The lowest BCUT2D eigenvalue weighted by Crippen LogP contribution is -2.46. The van der Waals surface area contributed by atoms with Crippen molar-refractivity contribution in [2.75, 3.05) is 0 Å². The molecule has 7 atom stereocenters. The summed E-state index contributed by atoms with van der Waals surface area (Å²) in [5.41, 5.74) is 0. The van der Waals surface area contributed by atoms with Crippen molar-refractivity contribution < 1.29 is 9.53 Å². The first-order valence-corrected chi connectivity index (χ1v) is 9.41. The number of hydrogen-bond donors (Lipinski definition) is 0. The molecular weight excluding hydrogens is 260 g/mol. The maximum absolute atomic E-state index is 11.4. The Bertz CT molecular complexity index is 404. The Kier molecular flexibility index (Phi) is 3.75. The predicted octanol–water partition coefficient (Wildman–Crippen LogP) is 4.57. The number of carbonyl (C=O) groups excluding carboxylic acids is 1. The van der Waals surface area contributed by atoms with Gasteiger partial charge >= 0.3 is 5.97 Å². The van der Waals surface area contributed by atoms with E-state index in [0.717, 1.165) is 36.0 Å². The van der Waals surface area contributed by atoms with Gasteiger partial charge in [-0.3, -0.25) is 4.79 Å².